The average Bonchev–Trinajstić information content (AvgIpc) is 3.28. The molecule has 2 aromatic rings. The lowest BCUT2D eigenvalue weighted by atomic mass is 9.77. The van der Waals surface area contributed by atoms with Gasteiger partial charge < -0.3 is 23.7 Å². The fourth-order valence-electron chi connectivity index (χ4n) is 5.72. The topological polar surface area (TPSA) is 83.5 Å². The number of hydrogen-bond acceptors (Lipinski definition) is 7. The number of methoxy groups -OCH3 is 2. The maximum absolute atomic E-state index is 13.6. The third kappa shape index (κ3) is 4.57. The summed E-state index contributed by atoms with van der Waals surface area (Å²) in [7, 11) is 3.02. The van der Waals surface area contributed by atoms with Crippen molar-refractivity contribution in [2.75, 3.05) is 20.8 Å². The fourth-order valence-corrected chi connectivity index (χ4v) is 5.72. The van der Waals surface area contributed by atoms with Crippen LogP contribution in [0.5, 0.6) is 11.5 Å². The van der Waals surface area contributed by atoms with E-state index >= 15 is 0 Å². The molecule has 1 saturated heterocycles. The minimum absolute atomic E-state index is 0.193. The number of amides is 1. The summed E-state index contributed by atoms with van der Waals surface area (Å²) in [6.45, 7) is 6.03. The molecule has 1 amide bonds. The molecule has 0 unspecified atom stereocenters. The lowest BCUT2D eigenvalue weighted by molar-refractivity contribution is -0.143. The molecule has 8 heteroatoms. The van der Waals surface area contributed by atoms with Gasteiger partial charge in [0.2, 0.25) is 5.72 Å². The normalized spacial score (nSPS) is 23.3. The van der Waals surface area contributed by atoms with E-state index in [1.807, 2.05) is 63.2 Å². The van der Waals surface area contributed by atoms with E-state index in [9.17, 15) is 9.59 Å². The first-order chi connectivity index (χ1) is 18.2. The van der Waals surface area contributed by atoms with Gasteiger partial charge in [0.05, 0.1) is 25.9 Å². The molecule has 2 aromatic carbocycles. The van der Waals surface area contributed by atoms with Gasteiger partial charge in [0, 0.05) is 30.5 Å². The summed E-state index contributed by atoms with van der Waals surface area (Å²) in [4.78, 5) is 27.0. The minimum atomic E-state index is -1.13. The standard InChI is InChI=1S/C30H35NO7/c1-29(2,3)38-28(33)31-17-16-23-27-26-19(18-22(36-27)9-7-11-25(32)35-5)8-6-10-24(26)37-30(23,31)20-12-14-21(34-4)15-13-20/h6,8,10,12-15,18,23,27H,7,9,11,16-17H2,1-5H3/t23-,27+,30+/m1/s1. The second-order valence-corrected chi connectivity index (χ2v) is 10.9. The van der Waals surface area contributed by atoms with Crippen LogP contribution in [-0.4, -0.2) is 43.3 Å². The first-order valence-electron chi connectivity index (χ1n) is 13.1. The van der Waals surface area contributed by atoms with Crippen molar-refractivity contribution in [2.24, 2.45) is 5.92 Å². The van der Waals surface area contributed by atoms with Crippen molar-refractivity contribution in [1.29, 1.82) is 0 Å². The van der Waals surface area contributed by atoms with E-state index in [4.69, 9.17) is 23.7 Å². The molecule has 1 fully saturated rings. The molecule has 38 heavy (non-hydrogen) atoms. The molecule has 0 radical (unpaired) electrons. The number of fused-ring (bicyclic) bond motifs is 2. The van der Waals surface area contributed by atoms with Gasteiger partial charge in [-0.05, 0) is 75.6 Å². The van der Waals surface area contributed by atoms with Crippen LogP contribution in [0.2, 0.25) is 0 Å². The molecule has 0 N–H and O–H groups in total. The molecule has 5 rings (SSSR count). The van der Waals surface area contributed by atoms with Crippen LogP contribution in [0, 0.1) is 5.92 Å². The Morgan fingerprint density at radius 3 is 2.55 bits per heavy atom. The quantitative estimate of drug-likeness (QED) is 0.434. The predicted octanol–water partition coefficient (Wildman–Crippen LogP) is 5.95. The summed E-state index contributed by atoms with van der Waals surface area (Å²) >= 11 is 0. The van der Waals surface area contributed by atoms with Crippen LogP contribution in [0.25, 0.3) is 6.08 Å². The molecule has 0 aromatic heterocycles. The van der Waals surface area contributed by atoms with E-state index in [1.54, 1.807) is 12.0 Å². The highest BCUT2D eigenvalue weighted by atomic mass is 16.6. The number of carbonyl (C=O) groups is 2. The zero-order valence-electron chi connectivity index (χ0n) is 22.6. The SMILES string of the molecule is COC(=O)CCCC1=Cc2cccc3c2[C@@H](O1)[C@H]1CCN(C(=O)OC(C)(C)C)[C@@]1(c1ccc(OC)cc1)O3. The lowest BCUT2D eigenvalue weighted by Gasteiger charge is -2.49. The Hall–Kier alpha value is -3.68. The molecule has 8 nitrogen and oxygen atoms in total. The average molecular weight is 522 g/mol. The van der Waals surface area contributed by atoms with Gasteiger partial charge in [-0.3, -0.25) is 9.69 Å². The smallest absolute Gasteiger partial charge is 0.413 e. The number of benzene rings is 2. The monoisotopic (exact) mass is 521 g/mol. The van der Waals surface area contributed by atoms with Crippen LogP contribution in [0.15, 0.2) is 48.2 Å². The van der Waals surface area contributed by atoms with Crippen molar-refractivity contribution in [1.82, 2.24) is 4.90 Å². The van der Waals surface area contributed by atoms with Crippen LogP contribution >= 0.6 is 0 Å². The first-order valence-corrected chi connectivity index (χ1v) is 13.1. The van der Waals surface area contributed by atoms with Gasteiger partial charge in [0.15, 0.2) is 0 Å². The summed E-state index contributed by atoms with van der Waals surface area (Å²) in [5.74, 6) is 1.77. The van der Waals surface area contributed by atoms with E-state index in [-0.39, 0.29) is 18.0 Å². The largest absolute Gasteiger partial charge is 0.497 e. The van der Waals surface area contributed by atoms with Gasteiger partial charge >= 0.3 is 12.1 Å². The Labute approximate surface area is 223 Å². The van der Waals surface area contributed by atoms with Crippen molar-refractivity contribution in [3.05, 3.63) is 64.9 Å². The third-order valence-corrected chi connectivity index (χ3v) is 7.33. The number of rotatable bonds is 6. The van der Waals surface area contributed by atoms with Crippen molar-refractivity contribution in [2.45, 2.75) is 63.9 Å². The van der Waals surface area contributed by atoms with Crippen molar-refractivity contribution >= 4 is 18.1 Å². The number of likely N-dealkylation sites (tertiary alicyclic amines) is 1. The Balaban J connectivity index is 1.57. The number of esters is 1. The highest BCUT2D eigenvalue weighted by Crippen LogP contribution is 2.59. The van der Waals surface area contributed by atoms with Crippen LogP contribution in [-0.2, 0) is 24.7 Å². The van der Waals surface area contributed by atoms with Gasteiger partial charge in [0.1, 0.15) is 23.2 Å². The molecule has 3 aliphatic rings. The Kier molecular flexibility index (Phi) is 6.75. The van der Waals surface area contributed by atoms with Crippen LogP contribution < -0.4 is 9.47 Å². The molecular formula is C30H35NO7. The number of allylic oxidation sites excluding steroid dienone is 1. The molecule has 3 atom stereocenters. The second-order valence-electron chi connectivity index (χ2n) is 10.9. The van der Waals surface area contributed by atoms with Gasteiger partial charge in [-0.25, -0.2) is 4.79 Å². The molecule has 0 aliphatic carbocycles. The fraction of sp³-hybridized carbons (Fsp3) is 0.467. The Morgan fingerprint density at radius 2 is 1.87 bits per heavy atom. The minimum Gasteiger partial charge on any atom is -0.497 e. The van der Waals surface area contributed by atoms with Crippen molar-refractivity contribution in [3.63, 3.8) is 0 Å². The second kappa shape index (κ2) is 9.89. The predicted molar refractivity (Wildman–Crippen MR) is 140 cm³/mol. The zero-order valence-corrected chi connectivity index (χ0v) is 22.6. The number of hydrogen-bond donors (Lipinski definition) is 0. The van der Waals surface area contributed by atoms with Crippen LogP contribution in [0.1, 0.15) is 69.2 Å². The maximum atomic E-state index is 13.6. The van der Waals surface area contributed by atoms with Gasteiger partial charge in [-0.1, -0.05) is 12.1 Å². The molecule has 202 valence electrons. The van der Waals surface area contributed by atoms with E-state index in [2.05, 4.69) is 6.07 Å². The highest BCUT2D eigenvalue weighted by Gasteiger charge is 2.62. The van der Waals surface area contributed by atoms with Crippen LogP contribution in [0.4, 0.5) is 4.79 Å². The summed E-state index contributed by atoms with van der Waals surface area (Å²) in [5.41, 5.74) is 1.06. The molecule has 0 spiro atoms. The third-order valence-electron chi connectivity index (χ3n) is 7.33. The molecular weight excluding hydrogens is 486 g/mol. The summed E-state index contributed by atoms with van der Waals surface area (Å²) in [5, 5.41) is 0. The lowest BCUT2D eigenvalue weighted by Crippen LogP contribution is -2.56. The molecule has 3 aliphatic heterocycles. The summed E-state index contributed by atoms with van der Waals surface area (Å²) in [6, 6.07) is 13.6. The van der Waals surface area contributed by atoms with E-state index in [1.165, 1.54) is 7.11 Å². The van der Waals surface area contributed by atoms with E-state index < -0.39 is 17.4 Å². The van der Waals surface area contributed by atoms with Gasteiger partial charge in [-0.2, -0.15) is 0 Å². The summed E-state index contributed by atoms with van der Waals surface area (Å²) in [6.07, 6.45) is 3.48. The van der Waals surface area contributed by atoms with E-state index in [0.29, 0.717) is 43.7 Å². The number of ether oxygens (including phenoxy) is 5. The maximum Gasteiger partial charge on any atom is 0.413 e. The molecule has 3 heterocycles. The summed E-state index contributed by atoms with van der Waals surface area (Å²) < 4.78 is 29.6. The van der Waals surface area contributed by atoms with Crippen LogP contribution in [0.3, 0.4) is 0 Å². The van der Waals surface area contributed by atoms with Gasteiger partial charge in [0.25, 0.3) is 0 Å². The molecule has 0 bridgehead atoms. The van der Waals surface area contributed by atoms with Crippen molar-refractivity contribution < 1.29 is 33.3 Å². The Bertz CT molecular complexity index is 1250. The van der Waals surface area contributed by atoms with Gasteiger partial charge in [-0.15, -0.1) is 0 Å². The van der Waals surface area contributed by atoms with E-state index in [0.717, 1.165) is 22.4 Å². The number of carbonyl (C=O) groups excluding carboxylic acids is 2. The first kappa shape index (κ1) is 25.9. The number of nitrogens with zero attached hydrogens (tertiary/aromatic N) is 1. The Morgan fingerprint density at radius 1 is 1.11 bits per heavy atom. The highest BCUT2D eigenvalue weighted by molar-refractivity contribution is 5.71. The van der Waals surface area contributed by atoms with Crippen molar-refractivity contribution in [3.8, 4) is 11.5 Å². The molecule has 0 saturated carbocycles. The zero-order chi connectivity index (χ0) is 27.1.